The van der Waals surface area contributed by atoms with Gasteiger partial charge in [-0.05, 0) is 46.6 Å². The van der Waals surface area contributed by atoms with E-state index < -0.39 is 0 Å². The Kier molecular flexibility index (Phi) is 14.4. The number of hydrogen-bond acceptors (Lipinski definition) is 1. The molecule has 0 aromatic heterocycles. The molecule has 3 aromatic rings. The minimum Gasteiger partial charge on any atom is -0.492 e. The maximum atomic E-state index is 6.66. The van der Waals surface area contributed by atoms with Crippen LogP contribution >= 0.6 is 0 Å². The summed E-state index contributed by atoms with van der Waals surface area (Å²) in [5, 5.41) is 5.41. The van der Waals surface area contributed by atoms with Gasteiger partial charge in [-0.25, -0.2) is 0 Å². The van der Waals surface area contributed by atoms with Crippen molar-refractivity contribution in [1.29, 1.82) is 0 Å². The fourth-order valence-electron chi connectivity index (χ4n) is 6.14. The van der Waals surface area contributed by atoms with E-state index in [0.717, 1.165) is 25.2 Å². The van der Waals surface area contributed by atoms with Gasteiger partial charge in [-0.15, -0.1) is 0 Å². The summed E-state index contributed by atoms with van der Waals surface area (Å²) in [6.07, 6.45) is 24.1. The topological polar surface area (TPSA) is 9.23 Å². The van der Waals surface area contributed by atoms with Crippen molar-refractivity contribution in [2.75, 3.05) is 6.61 Å². The average Bonchev–Trinajstić information content (AvgIpc) is 2.95. The molecule has 0 unspecified atom stereocenters. The summed E-state index contributed by atoms with van der Waals surface area (Å²) in [6.45, 7) is 12.4. The number of rotatable bonds is 20. The molecule has 222 valence electrons. The molecular formula is C39H60O. The van der Waals surface area contributed by atoms with E-state index in [9.17, 15) is 0 Å². The van der Waals surface area contributed by atoms with Crippen LogP contribution in [0.1, 0.15) is 155 Å². The molecule has 0 aliphatic carbocycles. The molecule has 0 bridgehead atoms. The van der Waals surface area contributed by atoms with Gasteiger partial charge in [0.05, 0.1) is 6.61 Å². The van der Waals surface area contributed by atoms with Crippen LogP contribution in [0.25, 0.3) is 21.5 Å². The number of benzene rings is 3. The quantitative estimate of drug-likeness (QED) is 0.101. The molecule has 1 heteroatoms. The summed E-state index contributed by atoms with van der Waals surface area (Å²) in [5.41, 5.74) is 3.07. The smallest absolute Gasteiger partial charge is 0.134 e. The number of ether oxygens (including phenoxy) is 1. The molecule has 0 fully saturated rings. The van der Waals surface area contributed by atoms with Crippen molar-refractivity contribution >= 4 is 21.5 Å². The summed E-state index contributed by atoms with van der Waals surface area (Å²) in [7, 11) is 0. The second-order valence-electron chi connectivity index (χ2n) is 13.3. The predicted octanol–water partition coefficient (Wildman–Crippen LogP) is 12.9. The van der Waals surface area contributed by atoms with Crippen LogP contribution in [0.3, 0.4) is 0 Å². The summed E-state index contributed by atoms with van der Waals surface area (Å²) >= 11 is 0. The first kappa shape index (κ1) is 32.5. The van der Waals surface area contributed by atoms with Crippen LogP contribution in [-0.4, -0.2) is 6.61 Å². The second-order valence-corrected chi connectivity index (χ2v) is 13.3. The lowest BCUT2D eigenvalue weighted by Crippen LogP contribution is -2.11. The SMILES string of the molecule is CCCCCCCCCCCc1c2ccccc2c(OCCCCCCCCCC)c2ccc(C(C)(C)C)cc12. The fourth-order valence-corrected chi connectivity index (χ4v) is 6.14. The predicted molar refractivity (Wildman–Crippen MR) is 179 cm³/mol. The molecule has 0 spiro atoms. The molecule has 1 nitrogen and oxygen atoms in total. The van der Waals surface area contributed by atoms with Gasteiger partial charge in [0.2, 0.25) is 0 Å². The van der Waals surface area contributed by atoms with Crippen molar-refractivity contribution in [2.45, 2.75) is 156 Å². The Balaban J connectivity index is 1.74. The number of unbranched alkanes of at least 4 members (excludes halogenated alkanes) is 15. The highest BCUT2D eigenvalue weighted by Gasteiger charge is 2.19. The van der Waals surface area contributed by atoms with Gasteiger partial charge >= 0.3 is 0 Å². The third-order valence-corrected chi connectivity index (χ3v) is 8.73. The first-order valence-corrected chi connectivity index (χ1v) is 17.1. The Hall–Kier alpha value is -2.02. The summed E-state index contributed by atoms with van der Waals surface area (Å²) < 4.78 is 6.66. The van der Waals surface area contributed by atoms with Gasteiger partial charge in [0.25, 0.3) is 0 Å². The minimum atomic E-state index is 0.132. The molecule has 0 amide bonds. The van der Waals surface area contributed by atoms with Gasteiger partial charge in [-0.2, -0.15) is 0 Å². The molecule has 0 aliphatic rings. The van der Waals surface area contributed by atoms with Crippen molar-refractivity contribution in [2.24, 2.45) is 0 Å². The maximum Gasteiger partial charge on any atom is 0.134 e. The molecule has 0 saturated heterocycles. The van der Waals surface area contributed by atoms with Gasteiger partial charge in [0.15, 0.2) is 0 Å². The van der Waals surface area contributed by atoms with Crippen molar-refractivity contribution in [1.82, 2.24) is 0 Å². The molecule has 0 aliphatic heterocycles. The Labute approximate surface area is 247 Å². The van der Waals surface area contributed by atoms with E-state index in [-0.39, 0.29) is 5.41 Å². The summed E-state index contributed by atoms with van der Waals surface area (Å²) in [6, 6.07) is 16.2. The van der Waals surface area contributed by atoms with Gasteiger partial charge in [-0.3, -0.25) is 0 Å². The van der Waals surface area contributed by atoms with Gasteiger partial charge in [0.1, 0.15) is 5.75 Å². The van der Waals surface area contributed by atoms with E-state index in [0.29, 0.717) is 0 Å². The Morgan fingerprint density at radius 1 is 0.525 bits per heavy atom. The molecule has 0 heterocycles. The van der Waals surface area contributed by atoms with Crippen LogP contribution in [0, 0.1) is 0 Å². The highest BCUT2D eigenvalue weighted by molar-refractivity contribution is 6.08. The van der Waals surface area contributed by atoms with Crippen LogP contribution in [0.15, 0.2) is 42.5 Å². The largest absolute Gasteiger partial charge is 0.492 e. The Morgan fingerprint density at radius 3 is 1.60 bits per heavy atom. The third-order valence-electron chi connectivity index (χ3n) is 8.73. The lowest BCUT2D eigenvalue weighted by Gasteiger charge is -2.23. The molecule has 0 atom stereocenters. The monoisotopic (exact) mass is 544 g/mol. The molecule has 40 heavy (non-hydrogen) atoms. The van der Waals surface area contributed by atoms with E-state index in [4.69, 9.17) is 4.74 Å². The Bertz CT molecular complexity index is 1120. The normalized spacial score (nSPS) is 12.0. The van der Waals surface area contributed by atoms with Gasteiger partial charge in [0, 0.05) is 10.8 Å². The van der Waals surface area contributed by atoms with Crippen molar-refractivity contribution in [3.8, 4) is 5.75 Å². The van der Waals surface area contributed by atoms with Crippen molar-refractivity contribution in [3.63, 3.8) is 0 Å². The standard InChI is InChI=1S/C39H60O/c1-6-8-10-12-14-16-17-19-21-25-34-33-26-22-23-27-35(33)38(40-30-24-20-18-15-13-11-9-7-2)36-29-28-32(31-37(34)36)39(3,4)5/h22-23,26-29,31H,6-21,24-25,30H2,1-5H3. The zero-order valence-electron chi connectivity index (χ0n) is 26.9. The molecule has 0 radical (unpaired) electrons. The highest BCUT2D eigenvalue weighted by atomic mass is 16.5. The van der Waals surface area contributed by atoms with E-state index in [1.807, 2.05) is 0 Å². The first-order chi connectivity index (χ1) is 19.5. The van der Waals surface area contributed by atoms with Gasteiger partial charge in [-0.1, -0.05) is 173 Å². The molecule has 0 saturated carbocycles. The van der Waals surface area contributed by atoms with Crippen molar-refractivity contribution in [3.05, 3.63) is 53.6 Å². The van der Waals surface area contributed by atoms with Crippen LogP contribution in [-0.2, 0) is 11.8 Å². The molecule has 3 aromatic carbocycles. The minimum absolute atomic E-state index is 0.132. The van der Waals surface area contributed by atoms with Gasteiger partial charge < -0.3 is 4.74 Å². The Morgan fingerprint density at radius 2 is 1.02 bits per heavy atom. The molecule has 0 N–H and O–H groups in total. The number of aryl methyl sites for hydroxylation is 1. The van der Waals surface area contributed by atoms with E-state index in [1.165, 1.54) is 135 Å². The average molecular weight is 545 g/mol. The van der Waals surface area contributed by atoms with E-state index in [2.05, 4.69) is 77.1 Å². The number of fused-ring (bicyclic) bond motifs is 2. The third kappa shape index (κ3) is 10.1. The highest BCUT2D eigenvalue weighted by Crippen LogP contribution is 2.41. The van der Waals surface area contributed by atoms with E-state index in [1.54, 1.807) is 0 Å². The lowest BCUT2D eigenvalue weighted by atomic mass is 9.83. The van der Waals surface area contributed by atoms with E-state index >= 15 is 0 Å². The van der Waals surface area contributed by atoms with Crippen LogP contribution in [0.4, 0.5) is 0 Å². The van der Waals surface area contributed by atoms with Crippen LogP contribution < -0.4 is 4.74 Å². The lowest BCUT2D eigenvalue weighted by molar-refractivity contribution is 0.311. The maximum absolute atomic E-state index is 6.66. The zero-order valence-corrected chi connectivity index (χ0v) is 26.9. The van der Waals surface area contributed by atoms with Crippen molar-refractivity contribution < 1.29 is 4.74 Å². The fraction of sp³-hybridized carbons (Fsp3) is 0.641. The summed E-state index contributed by atoms with van der Waals surface area (Å²) in [5.74, 6) is 1.10. The zero-order chi connectivity index (χ0) is 28.6. The summed E-state index contributed by atoms with van der Waals surface area (Å²) in [4.78, 5) is 0. The molecular weight excluding hydrogens is 484 g/mol. The first-order valence-electron chi connectivity index (χ1n) is 17.1. The second kappa shape index (κ2) is 17.7. The van der Waals surface area contributed by atoms with Crippen LogP contribution in [0.5, 0.6) is 5.75 Å². The number of hydrogen-bond donors (Lipinski definition) is 0. The van der Waals surface area contributed by atoms with Crippen LogP contribution in [0.2, 0.25) is 0 Å². The molecule has 3 rings (SSSR count).